The maximum absolute atomic E-state index is 11.4. The van der Waals surface area contributed by atoms with Crippen molar-refractivity contribution in [3.05, 3.63) is 54.8 Å². The molecule has 2 nitrogen and oxygen atoms in total. The van der Waals surface area contributed by atoms with Crippen molar-refractivity contribution in [2.24, 2.45) is 0 Å². The molecule has 64 valence electrons. The van der Waals surface area contributed by atoms with Gasteiger partial charge in [0.25, 0.3) is 5.91 Å². The van der Waals surface area contributed by atoms with Crippen molar-refractivity contribution in [1.29, 1.82) is 0 Å². The van der Waals surface area contributed by atoms with Crippen LogP contribution in [0.15, 0.2) is 54.8 Å². The van der Waals surface area contributed by atoms with Crippen molar-refractivity contribution in [2.45, 2.75) is 0 Å². The Bertz CT molecular complexity index is 360. The zero-order valence-electron chi connectivity index (χ0n) is 7.10. The third-order valence-corrected chi connectivity index (χ3v) is 1.94. The maximum Gasteiger partial charge on any atom is 0.255 e. The molecule has 1 aliphatic rings. The molecular weight excluding hydrogens is 162 g/mol. The van der Waals surface area contributed by atoms with E-state index in [0.717, 1.165) is 11.4 Å². The SMILES string of the molecule is C=C1C=CC(=O)N1c1ccccc1. The maximum atomic E-state index is 11.4. The van der Waals surface area contributed by atoms with E-state index >= 15 is 0 Å². The van der Waals surface area contributed by atoms with Gasteiger partial charge in [-0.15, -0.1) is 0 Å². The first-order valence-electron chi connectivity index (χ1n) is 4.05. The van der Waals surface area contributed by atoms with Crippen LogP contribution in [-0.2, 0) is 4.79 Å². The van der Waals surface area contributed by atoms with E-state index in [-0.39, 0.29) is 5.91 Å². The molecule has 0 N–H and O–H groups in total. The number of hydrogen-bond donors (Lipinski definition) is 0. The molecule has 1 amide bonds. The molecule has 0 radical (unpaired) electrons. The largest absolute Gasteiger partial charge is 0.278 e. The van der Waals surface area contributed by atoms with Crippen LogP contribution in [0.4, 0.5) is 5.69 Å². The zero-order chi connectivity index (χ0) is 9.26. The quantitative estimate of drug-likeness (QED) is 0.633. The topological polar surface area (TPSA) is 20.3 Å². The lowest BCUT2D eigenvalue weighted by Gasteiger charge is -2.16. The van der Waals surface area contributed by atoms with Crippen molar-refractivity contribution in [2.75, 3.05) is 4.90 Å². The minimum atomic E-state index is -0.0313. The Kier molecular flexibility index (Phi) is 1.74. The molecule has 13 heavy (non-hydrogen) atoms. The lowest BCUT2D eigenvalue weighted by atomic mass is 10.3. The Morgan fingerprint density at radius 1 is 1.08 bits per heavy atom. The van der Waals surface area contributed by atoms with Gasteiger partial charge in [-0.25, -0.2) is 0 Å². The van der Waals surface area contributed by atoms with Crippen LogP contribution in [0.2, 0.25) is 0 Å². The van der Waals surface area contributed by atoms with Gasteiger partial charge in [-0.3, -0.25) is 9.69 Å². The van der Waals surface area contributed by atoms with Gasteiger partial charge in [0.2, 0.25) is 0 Å². The molecule has 0 saturated heterocycles. The van der Waals surface area contributed by atoms with Crippen LogP contribution in [0.3, 0.4) is 0 Å². The van der Waals surface area contributed by atoms with E-state index in [0.29, 0.717) is 0 Å². The van der Waals surface area contributed by atoms with E-state index in [4.69, 9.17) is 0 Å². The minimum Gasteiger partial charge on any atom is -0.278 e. The molecule has 0 aromatic heterocycles. The van der Waals surface area contributed by atoms with Crippen molar-refractivity contribution < 1.29 is 4.79 Å². The van der Waals surface area contributed by atoms with Crippen LogP contribution >= 0.6 is 0 Å². The summed E-state index contributed by atoms with van der Waals surface area (Å²) in [5, 5.41) is 0. The Balaban J connectivity index is 2.38. The second-order valence-corrected chi connectivity index (χ2v) is 2.83. The third kappa shape index (κ3) is 1.26. The summed E-state index contributed by atoms with van der Waals surface area (Å²) in [4.78, 5) is 12.9. The smallest absolute Gasteiger partial charge is 0.255 e. The summed E-state index contributed by atoms with van der Waals surface area (Å²) < 4.78 is 0. The van der Waals surface area contributed by atoms with Gasteiger partial charge in [0.05, 0.1) is 0 Å². The monoisotopic (exact) mass is 171 g/mol. The Morgan fingerprint density at radius 2 is 1.77 bits per heavy atom. The van der Waals surface area contributed by atoms with Gasteiger partial charge in [-0.2, -0.15) is 0 Å². The zero-order valence-corrected chi connectivity index (χ0v) is 7.10. The predicted octanol–water partition coefficient (Wildman–Crippen LogP) is 2.10. The lowest BCUT2D eigenvalue weighted by molar-refractivity contribution is -0.113. The summed E-state index contributed by atoms with van der Waals surface area (Å²) in [6, 6.07) is 9.48. The standard InChI is InChI=1S/C11H9NO/c1-9-7-8-11(13)12(9)10-5-3-2-4-6-10/h2-8H,1H2. The normalized spacial score (nSPS) is 15.5. The lowest BCUT2D eigenvalue weighted by Crippen LogP contribution is -2.22. The molecular formula is C11H9NO. The molecule has 0 aliphatic carbocycles. The van der Waals surface area contributed by atoms with Gasteiger partial charge < -0.3 is 0 Å². The number of anilines is 1. The number of carbonyl (C=O) groups excluding carboxylic acids is 1. The highest BCUT2D eigenvalue weighted by molar-refractivity contribution is 6.07. The molecule has 1 aromatic rings. The average Bonchev–Trinajstić information content (AvgIpc) is 2.48. The fraction of sp³-hybridized carbons (Fsp3) is 0. The summed E-state index contributed by atoms with van der Waals surface area (Å²) in [5.74, 6) is -0.0313. The molecule has 0 bridgehead atoms. The molecule has 1 heterocycles. The first kappa shape index (κ1) is 7.80. The van der Waals surface area contributed by atoms with Crippen LogP contribution < -0.4 is 4.90 Å². The molecule has 2 heteroatoms. The van der Waals surface area contributed by atoms with Crippen molar-refractivity contribution in [3.8, 4) is 0 Å². The van der Waals surface area contributed by atoms with Crippen LogP contribution in [0.5, 0.6) is 0 Å². The van der Waals surface area contributed by atoms with E-state index < -0.39 is 0 Å². The average molecular weight is 171 g/mol. The first-order valence-corrected chi connectivity index (χ1v) is 4.05. The summed E-state index contributed by atoms with van der Waals surface area (Å²) in [7, 11) is 0. The summed E-state index contributed by atoms with van der Waals surface area (Å²) in [5.41, 5.74) is 1.58. The summed E-state index contributed by atoms with van der Waals surface area (Å²) in [6.45, 7) is 3.78. The van der Waals surface area contributed by atoms with Crippen LogP contribution in [-0.4, -0.2) is 5.91 Å². The molecule has 1 aromatic carbocycles. The minimum absolute atomic E-state index is 0.0313. The van der Waals surface area contributed by atoms with Gasteiger partial charge in [0.15, 0.2) is 0 Å². The van der Waals surface area contributed by atoms with Crippen LogP contribution in [0.1, 0.15) is 0 Å². The van der Waals surface area contributed by atoms with Crippen molar-refractivity contribution in [3.63, 3.8) is 0 Å². The van der Waals surface area contributed by atoms with Gasteiger partial charge >= 0.3 is 0 Å². The van der Waals surface area contributed by atoms with Gasteiger partial charge in [0, 0.05) is 17.5 Å². The fourth-order valence-corrected chi connectivity index (χ4v) is 1.33. The number of benzene rings is 1. The van der Waals surface area contributed by atoms with Crippen LogP contribution in [0, 0.1) is 0 Å². The van der Waals surface area contributed by atoms with Gasteiger partial charge in [-0.05, 0) is 18.2 Å². The van der Waals surface area contributed by atoms with E-state index in [1.165, 1.54) is 6.08 Å². The highest BCUT2D eigenvalue weighted by Crippen LogP contribution is 2.22. The fourth-order valence-electron chi connectivity index (χ4n) is 1.33. The molecule has 2 rings (SSSR count). The second kappa shape index (κ2) is 2.90. The Labute approximate surface area is 76.8 Å². The van der Waals surface area contributed by atoms with E-state index in [9.17, 15) is 4.79 Å². The van der Waals surface area contributed by atoms with Crippen molar-refractivity contribution >= 4 is 11.6 Å². The number of nitrogens with zero attached hydrogens (tertiary/aromatic N) is 1. The second-order valence-electron chi connectivity index (χ2n) is 2.83. The van der Waals surface area contributed by atoms with E-state index in [1.807, 2.05) is 30.3 Å². The number of rotatable bonds is 1. The summed E-state index contributed by atoms with van der Waals surface area (Å²) >= 11 is 0. The molecule has 1 aliphatic heterocycles. The number of allylic oxidation sites excluding steroid dienone is 1. The molecule has 0 spiro atoms. The van der Waals surface area contributed by atoms with Crippen LogP contribution in [0.25, 0.3) is 0 Å². The number of para-hydroxylation sites is 1. The first-order chi connectivity index (χ1) is 6.29. The Hall–Kier alpha value is -1.83. The highest BCUT2D eigenvalue weighted by Gasteiger charge is 2.19. The summed E-state index contributed by atoms with van der Waals surface area (Å²) in [6.07, 6.45) is 3.24. The number of hydrogen-bond acceptors (Lipinski definition) is 1. The number of amides is 1. The third-order valence-electron chi connectivity index (χ3n) is 1.94. The van der Waals surface area contributed by atoms with Gasteiger partial charge in [0.1, 0.15) is 0 Å². The van der Waals surface area contributed by atoms with E-state index in [2.05, 4.69) is 6.58 Å². The Morgan fingerprint density at radius 3 is 2.31 bits per heavy atom. The van der Waals surface area contributed by atoms with E-state index in [1.54, 1.807) is 11.0 Å². The number of carbonyl (C=O) groups is 1. The highest BCUT2D eigenvalue weighted by atomic mass is 16.2. The molecule has 0 unspecified atom stereocenters. The molecule has 0 fully saturated rings. The van der Waals surface area contributed by atoms with Gasteiger partial charge in [-0.1, -0.05) is 24.8 Å². The predicted molar refractivity (Wildman–Crippen MR) is 52.2 cm³/mol. The van der Waals surface area contributed by atoms with Crippen molar-refractivity contribution in [1.82, 2.24) is 0 Å². The molecule has 0 atom stereocenters. The molecule has 0 saturated carbocycles.